The van der Waals surface area contributed by atoms with E-state index in [1.807, 2.05) is 13.8 Å². The van der Waals surface area contributed by atoms with Crippen molar-refractivity contribution in [3.05, 3.63) is 0 Å². The maximum Gasteiger partial charge on any atom is 0.250 e. The Hall–Kier alpha value is -0.610. The fraction of sp³-hybridized carbons (Fsp3) is 0.909. The lowest BCUT2D eigenvalue weighted by Crippen LogP contribution is -2.47. The molecule has 15 heavy (non-hydrogen) atoms. The zero-order chi connectivity index (χ0) is 11.8. The predicted octanol–water partition coefficient (Wildman–Crippen LogP) is 0.637. The number of carbonyl (C=O) groups is 1. The number of hydrogen-bond donors (Lipinski definition) is 3. The molecular weight excluding hydrogens is 192 g/mol. The summed E-state index contributed by atoms with van der Waals surface area (Å²) in [5.41, 5.74) is 5.70. The van der Waals surface area contributed by atoms with Crippen molar-refractivity contribution in [2.45, 2.75) is 52.2 Å². The van der Waals surface area contributed by atoms with E-state index in [4.69, 9.17) is 5.73 Å². The highest BCUT2D eigenvalue weighted by Crippen LogP contribution is 2.03. The first-order chi connectivity index (χ1) is 6.99. The number of aliphatic hydroxyl groups excluding tert-OH is 1. The molecule has 1 amide bonds. The van der Waals surface area contributed by atoms with Gasteiger partial charge in [-0.25, -0.2) is 0 Å². The second kappa shape index (κ2) is 7.65. The molecule has 0 bridgehead atoms. The van der Waals surface area contributed by atoms with E-state index in [1.165, 1.54) is 0 Å². The number of hydrogen-bond acceptors (Lipinski definition) is 3. The number of nitrogens with two attached hydrogens (primary N) is 1. The maximum absolute atomic E-state index is 11.4. The molecule has 0 aliphatic heterocycles. The van der Waals surface area contributed by atoms with Gasteiger partial charge >= 0.3 is 0 Å². The molecule has 0 aromatic heterocycles. The van der Waals surface area contributed by atoms with Gasteiger partial charge in [0.15, 0.2) is 0 Å². The summed E-state index contributed by atoms with van der Waals surface area (Å²) in [6.45, 7) is 6.64. The largest absolute Gasteiger partial charge is 0.382 e. The molecule has 2 atom stereocenters. The molecule has 0 saturated heterocycles. The van der Waals surface area contributed by atoms with Gasteiger partial charge < -0.3 is 16.2 Å². The third-order valence-electron chi connectivity index (χ3n) is 2.25. The summed E-state index contributed by atoms with van der Waals surface area (Å²) in [6, 6.07) is -0.447. The van der Waals surface area contributed by atoms with E-state index >= 15 is 0 Å². The zero-order valence-corrected chi connectivity index (χ0v) is 9.99. The molecule has 0 spiro atoms. The molecule has 4 nitrogen and oxygen atoms in total. The second-order valence-corrected chi connectivity index (χ2v) is 4.39. The average Bonchev–Trinajstić information content (AvgIpc) is 2.21. The summed E-state index contributed by atoms with van der Waals surface area (Å²) in [5, 5.41) is 12.3. The lowest BCUT2D eigenvalue weighted by Gasteiger charge is -2.18. The Morgan fingerprint density at radius 2 is 2.07 bits per heavy atom. The van der Waals surface area contributed by atoms with Crippen molar-refractivity contribution in [3.8, 4) is 0 Å². The van der Waals surface area contributed by atoms with Crippen molar-refractivity contribution in [1.29, 1.82) is 0 Å². The van der Waals surface area contributed by atoms with Crippen molar-refractivity contribution < 1.29 is 9.90 Å². The Labute approximate surface area is 92.2 Å². The minimum atomic E-state index is -1.07. The van der Waals surface area contributed by atoms with Crippen molar-refractivity contribution in [2.24, 2.45) is 11.7 Å². The van der Waals surface area contributed by atoms with Crippen LogP contribution in [0.2, 0.25) is 0 Å². The highest BCUT2D eigenvalue weighted by molar-refractivity contribution is 5.81. The maximum atomic E-state index is 11.4. The molecule has 0 heterocycles. The minimum absolute atomic E-state index is 0.354. The topological polar surface area (TPSA) is 75.3 Å². The third kappa shape index (κ3) is 6.47. The van der Waals surface area contributed by atoms with E-state index in [-0.39, 0.29) is 5.91 Å². The first kappa shape index (κ1) is 14.4. The number of amides is 1. The van der Waals surface area contributed by atoms with E-state index < -0.39 is 12.1 Å². The Morgan fingerprint density at radius 3 is 2.53 bits per heavy atom. The van der Waals surface area contributed by atoms with E-state index in [2.05, 4.69) is 12.2 Å². The van der Waals surface area contributed by atoms with Crippen molar-refractivity contribution >= 4 is 5.91 Å². The zero-order valence-electron chi connectivity index (χ0n) is 9.99. The van der Waals surface area contributed by atoms with Crippen LogP contribution in [0.15, 0.2) is 0 Å². The highest BCUT2D eigenvalue weighted by Gasteiger charge is 2.21. The van der Waals surface area contributed by atoms with Gasteiger partial charge in [-0.2, -0.15) is 0 Å². The van der Waals surface area contributed by atoms with Crippen molar-refractivity contribution in [3.63, 3.8) is 0 Å². The molecule has 90 valence electrons. The summed E-state index contributed by atoms with van der Waals surface area (Å²) in [4.78, 5) is 11.4. The van der Waals surface area contributed by atoms with Gasteiger partial charge in [-0.3, -0.25) is 4.79 Å². The van der Waals surface area contributed by atoms with Crippen LogP contribution < -0.4 is 11.1 Å². The molecule has 0 fully saturated rings. The van der Waals surface area contributed by atoms with Gasteiger partial charge in [-0.1, -0.05) is 33.6 Å². The van der Waals surface area contributed by atoms with Gasteiger partial charge in [0.25, 0.3) is 0 Å². The molecule has 0 aliphatic rings. The van der Waals surface area contributed by atoms with Crippen LogP contribution in [0.1, 0.15) is 40.0 Å². The van der Waals surface area contributed by atoms with Crippen LogP contribution in [0.25, 0.3) is 0 Å². The highest BCUT2D eigenvalue weighted by atomic mass is 16.3. The van der Waals surface area contributed by atoms with Gasteiger partial charge in [0.05, 0.1) is 0 Å². The van der Waals surface area contributed by atoms with Crippen LogP contribution in [0, 0.1) is 5.92 Å². The molecule has 0 aliphatic carbocycles. The summed E-state index contributed by atoms with van der Waals surface area (Å²) < 4.78 is 0. The van der Waals surface area contributed by atoms with Crippen LogP contribution in [-0.4, -0.2) is 29.7 Å². The van der Waals surface area contributed by atoms with Crippen molar-refractivity contribution in [2.75, 3.05) is 6.54 Å². The Morgan fingerprint density at radius 1 is 1.47 bits per heavy atom. The summed E-state index contributed by atoms with van der Waals surface area (Å²) in [7, 11) is 0. The summed E-state index contributed by atoms with van der Waals surface area (Å²) in [5.74, 6) is 0.0281. The second-order valence-electron chi connectivity index (χ2n) is 4.39. The smallest absolute Gasteiger partial charge is 0.250 e. The molecular formula is C11H24N2O2. The standard InChI is InChI=1S/C11H24N2O2/c1-4-5-6-9(12)10(14)11(15)13-7-8(2)3/h8-10,14H,4-7,12H2,1-3H3,(H,13,15)/t9-,10-/m0/s1. The molecule has 0 radical (unpaired) electrons. The van der Waals surface area contributed by atoms with E-state index in [9.17, 15) is 9.90 Å². The quantitative estimate of drug-likeness (QED) is 0.584. The summed E-state index contributed by atoms with van der Waals surface area (Å²) in [6.07, 6.45) is 1.58. The Balaban J connectivity index is 3.85. The van der Waals surface area contributed by atoms with Crippen LogP contribution in [0.5, 0.6) is 0 Å². The first-order valence-electron chi connectivity index (χ1n) is 5.70. The molecule has 0 aromatic rings. The van der Waals surface area contributed by atoms with E-state index in [0.29, 0.717) is 18.9 Å². The van der Waals surface area contributed by atoms with Gasteiger partial charge in [-0.05, 0) is 12.3 Å². The number of carbonyl (C=O) groups excluding carboxylic acids is 1. The molecule has 4 heteroatoms. The lowest BCUT2D eigenvalue weighted by molar-refractivity contribution is -0.130. The van der Waals surface area contributed by atoms with Gasteiger partial charge in [0, 0.05) is 12.6 Å². The number of aliphatic hydroxyl groups is 1. The third-order valence-corrected chi connectivity index (χ3v) is 2.25. The molecule has 0 aromatic carbocycles. The van der Waals surface area contributed by atoms with Gasteiger partial charge in [0.1, 0.15) is 6.10 Å². The SMILES string of the molecule is CCCC[C@H](N)[C@H](O)C(=O)NCC(C)C. The summed E-state index contributed by atoms with van der Waals surface area (Å²) >= 11 is 0. The van der Waals surface area contributed by atoms with Crippen LogP contribution in [0.4, 0.5) is 0 Å². The molecule has 0 saturated carbocycles. The van der Waals surface area contributed by atoms with Gasteiger partial charge in [-0.15, -0.1) is 0 Å². The number of rotatable bonds is 7. The van der Waals surface area contributed by atoms with Gasteiger partial charge in [0.2, 0.25) is 5.91 Å². The average molecular weight is 216 g/mol. The molecule has 4 N–H and O–H groups in total. The monoisotopic (exact) mass is 216 g/mol. The normalized spacial score (nSPS) is 15.1. The minimum Gasteiger partial charge on any atom is -0.382 e. The fourth-order valence-electron chi connectivity index (χ4n) is 1.20. The van der Waals surface area contributed by atoms with E-state index in [1.54, 1.807) is 0 Å². The fourth-order valence-corrected chi connectivity index (χ4v) is 1.20. The predicted molar refractivity (Wildman–Crippen MR) is 61.4 cm³/mol. The molecule has 0 unspecified atom stereocenters. The number of nitrogens with one attached hydrogen (secondary N) is 1. The van der Waals surface area contributed by atoms with Crippen LogP contribution in [-0.2, 0) is 4.79 Å². The van der Waals surface area contributed by atoms with Crippen molar-refractivity contribution in [1.82, 2.24) is 5.32 Å². The van der Waals surface area contributed by atoms with Crippen LogP contribution in [0.3, 0.4) is 0 Å². The number of unbranched alkanes of at least 4 members (excludes halogenated alkanes) is 1. The lowest BCUT2D eigenvalue weighted by atomic mass is 10.0. The van der Waals surface area contributed by atoms with Crippen LogP contribution >= 0.6 is 0 Å². The Kier molecular flexibility index (Phi) is 7.34. The first-order valence-corrected chi connectivity index (χ1v) is 5.70. The molecule has 0 rings (SSSR count). The Bertz CT molecular complexity index is 183. The van der Waals surface area contributed by atoms with E-state index in [0.717, 1.165) is 12.8 Å².